The van der Waals surface area contributed by atoms with Crippen molar-refractivity contribution in [2.24, 2.45) is 23.7 Å². The van der Waals surface area contributed by atoms with Gasteiger partial charge in [-0.15, -0.1) is 0 Å². The summed E-state index contributed by atoms with van der Waals surface area (Å²) in [7, 11) is 0. The van der Waals surface area contributed by atoms with Crippen LogP contribution in [0.25, 0.3) is 0 Å². The third kappa shape index (κ3) is 26.3. The van der Waals surface area contributed by atoms with Gasteiger partial charge >= 0.3 is 0 Å². The molecule has 33 N–H and O–H groups in total. The minimum atomic E-state index is -2.56. The third-order valence-corrected chi connectivity index (χ3v) is 27.1. The van der Waals surface area contributed by atoms with E-state index in [2.05, 4.69) is 16.0 Å². The lowest BCUT2D eigenvalue weighted by Gasteiger charge is -2.51. The first-order valence-electron chi connectivity index (χ1n) is 46.0. The Bertz CT molecular complexity index is 3730. The number of rotatable bonds is 39. The molecule has 808 valence electrons. The minimum Gasteiger partial charge on any atom is -0.394 e. The number of ether oxygens (including phenoxy) is 21. The van der Waals surface area contributed by atoms with Crippen molar-refractivity contribution in [3.63, 3.8) is 0 Å². The molecule has 11 aliphatic rings. The van der Waals surface area contributed by atoms with Gasteiger partial charge in [0.1, 0.15) is 226 Å². The Balaban J connectivity index is 0.864. The van der Waals surface area contributed by atoms with Gasteiger partial charge in [-0.05, 0) is 5.92 Å². The summed E-state index contributed by atoms with van der Waals surface area (Å²) in [6.07, 6.45) is -99.2. The Kier molecular flexibility index (Phi) is 42.5. The van der Waals surface area contributed by atoms with Crippen molar-refractivity contribution >= 4 is 17.7 Å². The van der Waals surface area contributed by atoms with Gasteiger partial charge < -0.3 is 269 Å². The predicted molar refractivity (Wildman–Crippen MR) is 440 cm³/mol. The Morgan fingerprint density at radius 2 is 0.583 bits per heavy atom. The van der Waals surface area contributed by atoms with Crippen LogP contribution in [0, 0.1) is 23.7 Å². The summed E-state index contributed by atoms with van der Waals surface area (Å²) in [4.78, 5) is 39.0. The normalized spacial score (nSPS) is 48.4. The molecule has 11 aliphatic heterocycles. The number of aliphatic hydroxyl groups is 30. The highest BCUT2D eigenvalue weighted by Gasteiger charge is 2.62. The second-order valence-corrected chi connectivity index (χ2v) is 37.3. The summed E-state index contributed by atoms with van der Waals surface area (Å²) in [6, 6.07) is -5.10. The standard InChI is InChI=1S/C82H141N3O54/c1-22(2)65-44(83-26(6)94)55(109)69(35(15-90)122-65)133-76-45(84-27(7)95)56(110)71(38(18-93)126-76)136-80-64(118)72(137-82-74(61(115)51(105)34(14-89)124-82)138-75-25(5)47(101)68(36(16-91)125-75)134-78-62(116)58(112)52(106)39(128-78)19-119-42-9-29(97)23(3)66(131-42)48(102)31(99)11-86)54(108)41(130-80)21-121-81-73(60(114)50(104)33(13-88)123-81)139-77-46(85-28(8)96)57(111)70(37(17-92)127-77)135-79-63(117)59(113)53(107)40(129-79)20-120-43-10-30(98)24(4)67(132-43)49(103)32(100)12-87/h22-25,29-82,86-93,97-118H,9-21H2,1-8H3,(H,83,94)(H,84,95)(H,85,96)/t23-,24-,25?,29-,30-,31?,32?,33?,34?,35?,36?,37?,38?,39?,40?,41?,42+,43+,44?,45?,46?,47-,48?,49?,50-,51-,52+,53+,54-,55-,56-,57-,58+,59+,60+,61+,62?,63?,64?,65+,66?,67?,68-,69-,70-,71-,72+,73?,74?,75+,76+,77+,78+,79+,80+,81+,82-/m1/s1. The number of hydrogen-bond acceptors (Lipinski definition) is 54. The average Bonchev–Trinajstić information content (AvgIpc) is 0.763. The SMILES string of the molecule is CC(=O)NC1[C@H](OC2[C@@H](OCC3O[C@@H](O[C@@H]4C(CO)O[C@@H](O[C@@H]5C(CO)O[C@@H](C(C)C)C(NC(C)=O)[C@H]5O)C(NC(C)=O)[C@H]4O)C(O)[C@@H](O[C@H]4OC(CO)[C@@H](O)[C@H](O)C4O[C@@H]4OC(CO)[C@@H](O[C@@H]5OC(CO[C@@H]6C[C@@H](O)[C@@H](C)C(C(O)C(O)CO)O6)[C@H](O)[C@H](O)C5O)[C@H](O)C4C)[C@@H]3O)OC(CO)[C@@H](O)[C@@H]2O)OC(CO)[C@@H](O[C@@H]2OC(CO[C@@H]3C[C@@H](O)[C@@H](C)C(C(O)C(O)CO)O3)[C@H](O)[C@H](O)C2O)[C@@H]1O. The molecule has 57 heteroatoms. The molecule has 0 aliphatic carbocycles. The quantitative estimate of drug-likeness (QED) is 0.0272. The molecule has 0 bridgehead atoms. The second-order valence-electron chi connectivity index (χ2n) is 37.3. The van der Waals surface area contributed by atoms with E-state index in [1.807, 2.05) is 0 Å². The number of amides is 3. The van der Waals surface area contributed by atoms with Gasteiger partial charge in [-0.2, -0.15) is 0 Å². The van der Waals surface area contributed by atoms with Crippen LogP contribution in [0.5, 0.6) is 0 Å². The van der Waals surface area contributed by atoms with Crippen molar-refractivity contribution in [2.45, 2.75) is 400 Å². The van der Waals surface area contributed by atoms with Crippen LogP contribution in [0.2, 0.25) is 0 Å². The molecule has 139 heavy (non-hydrogen) atoms. The number of aliphatic hydroxyl groups excluding tert-OH is 30. The van der Waals surface area contributed by atoms with E-state index in [4.69, 9.17) is 99.5 Å². The molecule has 11 rings (SSSR count). The van der Waals surface area contributed by atoms with Crippen molar-refractivity contribution < 1.29 is 267 Å². The molecule has 0 aromatic rings. The van der Waals surface area contributed by atoms with E-state index in [0.717, 1.165) is 20.8 Å². The van der Waals surface area contributed by atoms with Crippen LogP contribution in [-0.2, 0) is 114 Å². The average molecular weight is 2030 g/mol. The van der Waals surface area contributed by atoms with Gasteiger partial charge in [-0.1, -0.05) is 34.6 Å². The third-order valence-electron chi connectivity index (χ3n) is 27.1. The monoisotopic (exact) mass is 2030 g/mol. The van der Waals surface area contributed by atoms with E-state index >= 15 is 0 Å². The van der Waals surface area contributed by atoms with Crippen LogP contribution >= 0.6 is 0 Å². The molecule has 0 saturated carbocycles. The first-order valence-corrected chi connectivity index (χ1v) is 46.0. The molecule has 0 aromatic carbocycles. The molecule has 24 unspecified atom stereocenters. The summed E-state index contributed by atoms with van der Waals surface area (Å²) < 4.78 is 127. The number of carbonyl (C=O) groups excluding carboxylic acids is 3. The summed E-state index contributed by atoms with van der Waals surface area (Å²) in [5, 5.41) is 344. The Morgan fingerprint density at radius 3 is 0.978 bits per heavy atom. The Hall–Kier alpha value is -3.63. The summed E-state index contributed by atoms with van der Waals surface area (Å²) in [6.45, 7) is -0.411. The topological polar surface area (TPSA) is 888 Å². The van der Waals surface area contributed by atoms with Crippen molar-refractivity contribution in [3.05, 3.63) is 0 Å². The molecule has 11 heterocycles. The van der Waals surface area contributed by atoms with Gasteiger partial charge in [0.25, 0.3) is 0 Å². The molecule has 0 aromatic heterocycles. The van der Waals surface area contributed by atoms with Gasteiger partial charge in [-0.25, -0.2) is 0 Å². The van der Waals surface area contributed by atoms with Crippen LogP contribution in [-0.4, -0.2) is 575 Å². The molecule has 0 radical (unpaired) electrons. The molecule has 3 amide bonds. The van der Waals surface area contributed by atoms with E-state index < -0.39 is 445 Å². The summed E-state index contributed by atoms with van der Waals surface area (Å²) >= 11 is 0. The number of hydrogen-bond donors (Lipinski definition) is 33. The Labute approximate surface area is 794 Å². The maximum atomic E-state index is 13.2. The minimum absolute atomic E-state index is 0.242. The zero-order valence-corrected chi connectivity index (χ0v) is 76.9. The van der Waals surface area contributed by atoms with Gasteiger partial charge in [-0.3, -0.25) is 14.4 Å². The van der Waals surface area contributed by atoms with Crippen molar-refractivity contribution in [3.8, 4) is 0 Å². The number of carbonyl (C=O) groups is 3. The van der Waals surface area contributed by atoms with Gasteiger partial charge in [0, 0.05) is 51.4 Å². The van der Waals surface area contributed by atoms with Crippen LogP contribution in [0.3, 0.4) is 0 Å². The van der Waals surface area contributed by atoms with Gasteiger partial charge in [0.05, 0.1) is 115 Å². The summed E-state index contributed by atoms with van der Waals surface area (Å²) in [5.41, 5.74) is 0. The highest BCUT2D eigenvalue weighted by Crippen LogP contribution is 2.43. The zero-order chi connectivity index (χ0) is 102. The number of nitrogens with one attached hydrogen (secondary N) is 3. The van der Waals surface area contributed by atoms with Crippen molar-refractivity contribution in [1.82, 2.24) is 16.0 Å². The van der Waals surface area contributed by atoms with Crippen molar-refractivity contribution in [1.29, 1.82) is 0 Å². The van der Waals surface area contributed by atoms with Crippen LogP contribution in [0.4, 0.5) is 0 Å². The van der Waals surface area contributed by atoms with Crippen LogP contribution in [0.15, 0.2) is 0 Å². The highest BCUT2D eigenvalue weighted by molar-refractivity contribution is 5.74. The van der Waals surface area contributed by atoms with Gasteiger partial charge in [0.15, 0.2) is 62.9 Å². The van der Waals surface area contributed by atoms with E-state index in [0.29, 0.717) is 0 Å². The second kappa shape index (κ2) is 51.1. The molecule has 0 spiro atoms. The maximum absolute atomic E-state index is 13.2. The molecular formula is C82H141N3O54. The lowest BCUT2D eigenvalue weighted by Crippen LogP contribution is -2.71. The predicted octanol–water partition coefficient (Wildman–Crippen LogP) is -19.5. The summed E-state index contributed by atoms with van der Waals surface area (Å²) in [5.74, 6) is -6.06. The lowest BCUT2D eigenvalue weighted by molar-refractivity contribution is -0.401. The lowest BCUT2D eigenvalue weighted by atomic mass is 9.87. The molecular weight excluding hydrogens is 1890 g/mol. The zero-order valence-electron chi connectivity index (χ0n) is 76.9. The Morgan fingerprint density at radius 1 is 0.281 bits per heavy atom. The van der Waals surface area contributed by atoms with E-state index in [1.54, 1.807) is 13.8 Å². The molecule has 57 nitrogen and oxygen atoms in total. The molecule has 11 fully saturated rings. The fourth-order valence-corrected chi connectivity index (χ4v) is 18.9. The molecule has 57 atom stereocenters. The first kappa shape index (κ1) is 116. The van der Waals surface area contributed by atoms with E-state index in [9.17, 15) is 168 Å². The fourth-order valence-electron chi connectivity index (χ4n) is 18.9. The molecule has 11 saturated heterocycles. The van der Waals surface area contributed by atoms with Crippen molar-refractivity contribution in [2.75, 3.05) is 72.7 Å². The van der Waals surface area contributed by atoms with Crippen LogP contribution < -0.4 is 16.0 Å². The highest BCUT2D eigenvalue weighted by atomic mass is 16.8. The van der Waals surface area contributed by atoms with E-state index in [-0.39, 0.29) is 12.8 Å². The van der Waals surface area contributed by atoms with E-state index in [1.165, 1.54) is 20.8 Å². The fraction of sp³-hybridized carbons (Fsp3) is 0.963. The largest absolute Gasteiger partial charge is 0.394 e. The van der Waals surface area contributed by atoms with Gasteiger partial charge in [0.2, 0.25) is 17.7 Å². The maximum Gasteiger partial charge on any atom is 0.217 e. The first-order chi connectivity index (χ1) is 65.7. The smallest absolute Gasteiger partial charge is 0.217 e. The van der Waals surface area contributed by atoms with Crippen LogP contribution in [0.1, 0.15) is 68.2 Å².